The predicted octanol–water partition coefficient (Wildman–Crippen LogP) is 5.25. The molecule has 1 aromatic heterocycles. The highest BCUT2D eigenvalue weighted by molar-refractivity contribution is 5.93. The van der Waals surface area contributed by atoms with Crippen molar-refractivity contribution in [1.82, 2.24) is 4.98 Å². The lowest BCUT2D eigenvalue weighted by Crippen LogP contribution is -2.36. The van der Waals surface area contributed by atoms with Gasteiger partial charge in [0.05, 0.1) is 43.9 Å². The van der Waals surface area contributed by atoms with Crippen molar-refractivity contribution in [2.75, 3.05) is 44.4 Å². The van der Waals surface area contributed by atoms with Crippen molar-refractivity contribution >= 4 is 17.3 Å². The van der Waals surface area contributed by atoms with Crippen LogP contribution in [-0.4, -0.2) is 50.6 Å². The number of pyridine rings is 1. The van der Waals surface area contributed by atoms with E-state index in [1.165, 1.54) is 11.9 Å². The summed E-state index contributed by atoms with van der Waals surface area (Å²) in [7, 11) is 0. The first-order valence-electron chi connectivity index (χ1n) is 12.8. The zero-order valence-electron chi connectivity index (χ0n) is 20.6. The van der Waals surface area contributed by atoms with Crippen LogP contribution >= 0.6 is 0 Å². The van der Waals surface area contributed by atoms with E-state index in [0.717, 1.165) is 61.5 Å². The molecule has 0 unspecified atom stereocenters. The lowest BCUT2D eigenvalue weighted by molar-refractivity contribution is 0.0254. The van der Waals surface area contributed by atoms with E-state index in [4.69, 9.17) is 14.2 Å². The van der Waals surface area contributed by atoms with Crippen LogP contribution in [0.1, 0.15) is 35.2 Å². The summed E-state index contributed by atoms with van der Waals surface area (Å²) in [5.74, 6) is 0.127. The minimum Gasteiger partial charge on any atom is -0.489 e. The van der Waals surface area contributed by atoms with E-state index < -0.39 is 5.82 Å². The molecule has 0 bridgehead atoms. The molecule has 0 saturated carbocycles. The molecule has 0 atom stereocenters. The van der Waals surface area contributed by atoms with Crippen LogP contribution in [0.15, 0.2) is 48.7 Å². The summed E-state index contributed by atoms with van der Waals surface area (Å²) in [6.07, 6.45) is 5.55. The zero-order valence-corrected chi connectivity index (χ0v) is 20.6. The Kier molecular flexibility index (Phi) is 6.60. The van der Waals surface area contributed by atoms with E-state index in [0.29, 0.717) is 42.1 Å². The van der Waals surface area contributed by atoms with Gasteiger partial charge in [-0.15, -0.1) is 0 Å². The summed E-state index contributed by atoms with van der Waals surface area (Å²) < 4.78 is 32.1. The fourth-order valence-electron chi connectivity index (χ4n) is 5.28. The number of ether oxygens (including phenoxy) is 3. The summed E-state index contributed by atoms with van der Waals surface area (Å²) in [4.78, 5) is 6.72. The highest BCUT2D eigenvalue weighted by Gasteiger charge is 2.24. The zero-order chi connectivity index (χ0) is 25.2. The van der Waals surface area contributed by atoms with Crippen LogP contribution in [0.25, 0.3) is 22.8 Å². The molecule has 0 radical (unpaired) electrons. The Morgan fingerprint density at radius 1 is 0.973 bits per heavy atom. The number of rotatable bonds is 5. The number of fused-ring (bicyclic) bond motifs is 1. The third-order valence-electron chi connectivity index (χ3n) is 7.29. The van der Waals surface area contributed by atoms with Crippen molar-refractivity contribution in [3.8, 4) is 22.9 Å². The average molecular weight is 498 g/mol. The van der Waals surface area contributed by atoms with Gasteiger partial charge in [-0.05, 0) is 47.0 Å². The van der Waals surface area contributed by atoms with Gasteiger partial charge in [0.15, 0.2) is 0 Å². The first kappa shape index (κ1) is 23.7. The van der Waals surface area contributed by atoms with Gasteiger partial charge in [0, 0.05) is 49.2 Å². The molecule has 3 aromatic rings. The van der Waals surface area contributed by atoms with Crippen LogP contribution in [0.5, 0.6) is 5.75 Å². The number of hydrogen-bond acceptors (Lipinski definition) is 6. The van der Waals surface area contributed by atoms with Gasteiger partial charge < -0.3 is 19.1 Å². The number of nitrogens with zero attached hydrogens (tertiary/aromatic N) is 3. The van der Waals surface area contributed by atoms with Gasteiger partial charge in [0.2, 0.25) is 0 Å². The second kappa shape index (κ2) is 10.3. The van der Waals surface area contributed by atoms with E-state index in [2.05, 4.69) is 40.2 Å². The number of nitriles is 1. The van der Waals surface area contributed by atoms with Gasteiger partial charge in [0.1, 0.15) is 23.7 Å². The van der Waals surface area contributed by atoms with Gasteiger partial charge in [-0.3, -0.25) is 4.98 Å². The number of morpholine rings is 1. The maximum atomic E-state index is 15.2. The number of hydrogen-bond donors (Lipinski definition) is 0. The molecule has 2 aromatic carbocycles. The van der Waals surface area contributed by atoms with E-state index in [-0.39, 0.29) is 6.10 Å². The van der Waals surface area contributed by atoms with E-state index in [9.17, 15) is 5.26 Å². The minimum atomic E-state index is -0.402. The molecular formula is C30H28FN3O3. The smallest absolute Gasteiger partial charge is 0.149 e. The van der Waals surface area contributed by atoms with Crippen LogP contribution in [0.2, 0.25) is 0 Å². The molecule has 0 amide bonds. The van der Waals surface area contributed by atoms with Gasteiger partial charge in [-0.2, -0.15) is 5.26 Å². The Hall–Kier alpha value is -3.73. The van der Waals surface area contributed by atoms with Crippen LogP contribution < -0.4 is 9.64 Å². The number of aromatic nitrogens is 1. The van der Waals surface area contributed by atoms with Crippen molar-refractivity contribution in [2.45, 2.75) is 25.4 Å². The van der Waals surface area contributed by atoms with Crippen LogP contribution in [0.3, 0.4) is 0 Å². The van der Waals surface area contributed by atoms with Crippen LogP contribution in [-0.2, 0) is 15.9 Å². The van der Waals surface area contributed by atoms with Crippen molar-refractivity contribution in [3.05, 3.63) is 76.9 Å². The number of halogens is 1. The number of allylic oxidation sites excluding steroid dienone is 1. The number of anilines is 1. The van der Waals surface area contributed by atoms with Crippen LogP contribution in [0.4, 0.5) is 10.1 Å². The lowest BCUT2D eigenvalue weighted by Gasteiger charge is -2.29. The Balaban J connectivity index is 1.29. The molecule has 2 fully saturated rings. The van der Waals surface area contributed by atoms with Gasteiger partial charge in [-0.1, -0.05) is 18.2 Å². The molecule has 2 saturated heterocycles. The van der Waals surface area contributed by atoms with Crippen LogP contribution in [0, 0.1) is 17.1 Å². The summed E-state index contributed by atoms with van der Waals surface area (Å²) in [6, 6.07) is 16.1. The Morgan fingerprint density at radius 2 is 1.70 bits per heavy atom. The van der Waals surface area contributed by atoms with E-state index >= 15 is 4.39 Å². The molecule has 37 heavy (non-hydrogen) atoms. The largest absolute Gasteiger partial charge is 0.489 e. The minimum absolute atomic E-state index is 0.0220. The van der Waals surface area contributed by atoms with E-state index in [1.54, 1.807) is 12.1 Å². The fraction of sp³-hybridized carbons (Fsp3) is 0.333. The number of benzene rings is 2. The third-order valence-corrected chi connectivity index (χ3v) is 7.29. The van der Waals surface area contributed by atoms with Gasteiger partial charge in [0.25, 0.3) is 0 Å². The summed E-state index contributed by atoms with van der Waals surface area (Å²) in [6.45, 7) is 4.59. The third kappa shape index (κ3) is 4.83. The second-order valence-electron chi connectivity index (χ2n) is 9.59. The fourth-order valence-corrected chi connectivity index (χ4v) is 5.28. The summed E-state index contributed by atoms with van der Waals surface area (Å²) in [5, 5.41) is 9.81. The molecule has 7 heteroatoms. The van der Waals surface area contributed by atoms with Gasteiger partial charge in [-0.25, -0.2) is 4.39 Å². The molecule has 0 spiro atoms. The Labute approximate surface area is 215 Å². The summed E-state index contributed by atoms with van der Waals surface area (Å²) in [5.41, 5.74) is 6.50. The molecule has 2 aliphatic heterocycles. The molecule has 3 heterocycles. The second-order valence-corrected chi connectivity index (χ2v) is 9.59. The van der Waals surface area contributed by atoms with Crippen molar-refractivity contribution in [2.24, 2.45) is 0 Å². The van der Waals surface area contributed by atoms with Gasteiger partial charge >= 0.3 is 0 Å². The molecule has 0 N–H and O–H groups in total. The first-order valence-corrected chi connectivity index (χ1v) is 12.8. The molecule has 1 aliphatic carbocycles. The molecule has 6 nitrogen and oxygen atoms in total. The molecule has 6 rings (SSSR count). The van der Waals surface area contributed by atoms with E-state index in [1.807, 2.05) is 12.1 Å². The van der Waals surface area contributed by atoms with Crippen molar-refractivity contribution in [3.63, 3.8) is 0 Å². The maximum Gasteiger partial charge on any atom is 0.149 e. The monoisotopic (exact) mass is 497 g/mol. The highest BCUT2D eigenvalue weighted by atomic mass is 19.1. The van der Waals surface area contributed by atoms with Crippen molar-refractivity contribution < 1.29 is 18.6 Å². The average Bonchev–Trinajstić information content (AvgIpc) is 3.39. The Bertz CT molecular complexity index is 1370. The first-order chi connectivity index (χ1) is 18.2. The standard InChI is InChI=1S/C30H28FN3O3/c31-27-19-33-28-17-22(20-1-4-24(5-2-20)34-9-13-36-14-10-34)16-26(28)30(27)21-3-6-29(23(15-21)18-32)37-25-7-11-35-12-8-25/h1-6,15-16,19,25H,7-14,17H2. The quantitative estimate of drug-likeness (QED) is 0.480. The Morgan fingerprint density at radius 3 is 2.46 bits per heavy atom. The molecular weight excluding hydrogens is 469 g/mol. The predicted molar refractivity (Wildman–Crippen MR) is 140 cm³/mol. The summed E-state index contributed by atoms with van der Waals surface area (Å²) >= 11 is 0. The SMILES string of the molecule is N#Cc1cc(-c2c(F)cnc3c2C=C(c2ccc(N4CCOCC4)cc2)C3)ccc1OC1CCOCC1. The van der Waals surface area contributed by atoms with Crippen molar-refractivity contribution in [1.29, 1.82) is 5.26 Å². The molecule has 3 aliphatic rings. The molecule has 188 valence electrons. The maximum absolute atomic E-state index is 15.2. The topological polar surface area (TPSA) is 67.6 Å². The normalized spacial score (nSPS) is 17.7. The lowest BCUT2D eigenvalue weighted by atomic mass is 9.98. The highest BCUT2D eigenvalue weighted by Crippen LogP contribution is 2.39.